The minimum absolute atomic E-state index is 0.0984. The van der Waals surface area contributed by atoms with Crippen molar-refractivity contribution in [1.29, 1.82) is 0 Å². The standard InChI is InChI=1S/C26H30N2O5S2/c1-18-7-12-24(13-8-18)35(32,33)28(25-16-19(2)6-9-20(25)3)17-26(29)27-21(4)22-10-14-23(15-11-22)34(5,30)31/h6-16,21H,17H2,1-5H3,(H,27,29)/t21-/m1/s1. The predicted octanol–water partition coefficient (Wildman–Crippen LogP) is 4.09. The predicted molar refractivity (Wildman–Crippen MR) is 138 cm³/mol. The Balaban J connectivity index is 1.90. The summed E-state index contributed by atoms with van der Waals surface area (Å²) in [5.74, 6) is -0.485. The third-order valence-corrected chi connectivity index (χ3v) is 8.62. The summed E-state index contributed by atoms with van der Waals surface area (Å²) >= 11 is 0. The Morgan fingerprint density at radius 1 is 0.829 bits per heavy atom. The number of sulfonamides is 1. The highest BCUT2D eigenvalue weighted by Crippen LogP contribution is 2.28. The SMILES string of the molecule is Cc1ccc(S(=O)(=O)N(CC(=O)N[C@H](C)c2ccc(S(C)(=O)=O)cc2)c2cc(C)ccc2C)cc1. The molecule has 1 N–H and O–H groups in total. The van der Waals surface area contributed by atoms with Crippen LogP contribution in [0.5, 0.6) is 0 Å². The van der Waals surface area contributed by atoms with Crippen LogP contribution in [0.3, 0.4) is 0 Å². The molecular weight excluding hydrogens is 484 g/mol. The third-order valence-electron chi connectivity index (χ3n) is 5.72. The number of carbonyl (C=O) groups excluding carboxylic acids is 1. The highest BCUT2D eigenvalue weighted by atomic mass is 32.2. The van der Waals surface area contributed by atoms with Crippen LogP contribution in [0.15, 0.2) is 76.5 Å². The summed E-state index contributed by atoms with van der Waals surface area (Å²) in [5, 5.41) is 2.83. The highest BCUT2D eigenvalue weighted by Gasteiger charge is 2.29. The maximum Gasteiger partial charge on any atom is 0.264 e. The Kier molecular flexibility index (Phi) is 7.71. The van der Waals surface area contributed by atoms with E-state index in [0.29, 0.717) is 11.3 Å². The van der Waals surface area contributed by atoms with E-state index in [-0.39, 0.29) is 9.79 Å². The van der Waals surface area contributed by atoms with Crippen LogP contribution in [-0.2, 0) is 24.7 Å². The molecule has 3 aromatic rings. The van der Waals surface area contributed by atoms with Gasteiger partial charge in [0.1, 0.15) is 6.54 Å². The fourth-order valence-corrected chi connectivity index (χ4v) is 5.74. The number of nitrogens with zero attached hydrogens (tertiary/aromatic N) is 1. The molecule has 1 atom stereocenters. The van der Waals surface area contributed by atoms with Gasteiger partial charge in [-0.2, -0.15) is 0 Å². The van der Waals surface area contributed by atoms with Crippen LogP contribution in [0.1, 0.15) is 35.2 Å². The first kappa shape index (κ1) is 26.4. The zero-order chi connectivity index (χ0) is 26.0. The van der Waals surface area contributed by atoms with Gasteiger partial charge in [0.15, 0.2) is 9.84 Å². The van der Waals surface area contributed by atoms with Crippen LogP contribution in [0.4, 0.5) is 5.69 Å². The Hall–Kier alpha value is -3.17. The number of aryl methyl sites for hydroxylation is 3. The van der Waals surface area contributed by atoms with Crippen molar-refractivity contribution in [3.8, 4) is 0 Å². The zero-order valence-electron chi connectivity index (χ0n) is 20.4. The van der Waals surface area contributed by atoms with Crippen molar-refractivity contribution in [1.82, 2.24) is 5.32 Å². The number of anilines is 1. The van der Waals surface area contributed by atoms with Gasteiger partial charge in [-0.25, -0.2) is 16.8 Å². The Morgan fingerprint density at radius 3 is 1.94 bits per heavy atom. The van der Waals surface area contributed by atoms with E-state index in [2.05, 4.69) is 5.32 Å². The Bertz CT molecular complexity index is 1430. The first-order valence-electron chi connectivity index (χ1n) is 11.0. The Labute approximate surface area is 207 Å². The van der Waals surface area contributed by atoms with E-state index >= 15 is 0 Å². The number of rotatable bonds is 8. The van der Waals surface area contributed by atoms with E-state index in [4.69, 9.17) is 0 Å². The summed E-state index contributed by atoms with van der Waals surface area (Å²) in [7, 11) is -7.35. The monoisotopic (exact) mass is 514 g/mol. The second-order valence-corrected chi connectivity index (χ2v) is 12.6. The lowest BCUT2D eigenvalue weighted by molar-refractivity contribution is -0.120. The largest absolute Gasteiger partial charge is 0.348 e. The van der Waals surface area contributed by atoms with Gasteiger partial charge in [0.2, 0.25) is 5.91 Å². The lowest BCUT2D eigenvalue weighted by atomic mass is 10.1. The number of carbonyl (C=O) groups is 1. The number of benzene rings is 3. The lowest BCUT2D eigenvalue weighted by Gasteiger charge is -2.27. The molecule has 0 saturated carbocycles. The van der Waals surface area contributed by atoms with Crippen LogP contribution >= 0.6 is 0 Å². The minimum Gasteiger partial charge on any atom is -0.348 e. The molecule has 1 amide bonds. The Morgan fingerprint density at radius 2 is 1.37 bits per heavy atom. The quantitative estimate of drug-likeness (QED) is 0.488. The molecule has 3 aromatic carbocycles. The second-order valence-electron chi connectivity index (χ2n) is 8.75. The van der Waals surface area contributed by atoms with Gasteiger partial charge in [-0.05, 0) is 74.7 Å². The van der Waals surface area contributed by atoms with Crippen LogP contribution < -0.4 is 9.62 Å². The molecule has 0 spiro atoms. The van der Waals surface area contributed by atoms with E-state index in [1.807, 2.05) is 26.0 Å². The first-order chi connectivity index (χ1) is 16.3. The third kappa shape index (κ3) is 6.29. The van der Waals surface area contributed by atoms with Gasteiger partial charge >= 0.3 is 0 Å². The molecule has 0 aliphatic carbocycles. The summed E-state index contributed by atoms with van der Waals surface area (Å²) in [6.45, 7) is 6.88. The van der Waals surface area contributed by atoms with Crippen LogP contribution in [-0.4, -0.2) is 35.5 Å². The molecule has 35 heavy (non-hydrogen) atoms. The maximum atomic E-state index is 13.6. The summed E-state index contributed by atoms with van der Waals surface area (Å²) in [4.78, 5) is 13.3. The van der Waals surface area contributed by atoms with E-state index in [0.717, 1.165) is 27.3 Å². The van der Waals surface area contributed by atoms with E-state index in [1.54, 1.807) is 44.2 Å². The van der Waals surface area contributed by atoms with Gasteiger partial charge in [-0.15, -0.1) is 0 Å². The summed E-state index contributed by atoms with van der Waals surface area (Å²) < 4.78 is 51.8. The van der Waals surface area contributed by atoms with Crippen LogP contribution in [0.25, 0.3) is 0 Å². The molecule has 0 aliphatic rings. The first-order valence-corrected chi connectivity index (χ1v) is 14.4. The normalized spacial score (nSPS) is 12.7. The topological polar surface area (TPSA) is 101 Å². The van der Waals surface area contributed by atoms with Crippen molar-refractivity contribution in [2.75, 3.05) is 17.1 Å². The molecule has 0 bridgehead atoms. The number of amides is 1. The summed E-state index contributed by atoms with van der Waals surface area (Å²) in [5.41, 5.74) is 3.66. The molecule has 0 unspecified atom stereocenters. The molecule has 0 aromatic heterocycles. The number of hydrogen-bond acceptors (Lipinski definition) is 5. The van der Waals surface area contributed by atoms with E-state index in [9.17, 15) is 21.6 Å². The highest BCUT2D eigenvalue weighted by molar-refractivity contribution is 7.93. The molecule has 0 saturated heterocycles. The van der Waals surface area contributed by atoms with Crippen molar-refractivity contribution < 1.29 is 21.6 Å². The van der Waals surface area contributed by atoms with Gasteiger partial charge in [0.05, 0.1) is 21.5 Å². The fraction of sp³-hybridized carbons (Fsp3) is 0.269. The summed E-state index contributed by atoms with van der Waals surface area (Å²) in [6, 6.07) is 17.7. The average molecular weight is 515 g/mol. The minimum atomic E-state index is -4.02. The van der Waals surface area contributed by atoms with Crippen molar-refractivity contribution >= 4 is 31.5 Å². The zero-order valence-corrected chi connectivity index (χ0v) is 22.1. The summed E-state index contributed by atoms with van der Waals surface area (Å²) in [6.07, 6.45) is 1.13. The van der Waals surface area contributed by atoms with E-state index < -0.39 is 38.4 Å². The molecule has 0 radical (unpaired) electrons. The second kappa shape index (κ2) is 10.2. The van der Waals surface area contributed by atoms with Crippen molar-refractivity contribution in [3.63, 3.8) is 0 Å². The molecule has 9 heteroatoms. The van der Waals surface area contributed by atoms with Crippen molar-refractivity contribution in [2.24, 2.45) is 0 Å². The molecule has 7 nitrogen and oxygen atoms in total. The van der Waals surface area contributed by atoms with Gasteiger partial charge in [-0.1, -0.05) is 42.0 Å². The van der Waals surface area contributed by atoms with Gasteiger partial charge in [0, 0.05) is 6.26 Å². The molecule has 186 valence electrons. The molecular formula is C26H30N2O5S2. The van der Waals surface area contributed by atoms with Gasteiger partial charge in [-0.3, -0.25) is 9.10 Å². The van der Waals surface area contributed by atoms with Crippen LogP contribution in [0, 0.1) is 20.8 Å². The number of hydrogen-bond donors (Lipinski definition) is 1. The molecule has 0 aliphatic heterocycles. The fourth-order valence-electron chi connectivity index (χ4n) is 3.63. The van der Waals surface area contributed by atoms with Gasteiger partial charge in [0.25, 0.3) is 10.0 Å². The van der Waals surface area contributed by atoms with Crippen molar-refractivity contribution in [3.05, 3.63) is 89.0 Å². The van der Waals surface area contributed by atoms with E-state index in [1.165, 1.54) is 24.3 Å². The average Bonchev–Trinajstić information content (AvgIpc) is 2.79. The number of nitrogens with one attached hydrogen (secondary N) is 1. The molecule has 0 fully saturated rings. The molecule has 3 rings (SSSR count). The number of sulfone groups is 1. The molecule has 0 heterocycles. The lowest BCUT2D eigenvalue weighted by Crippen LogP contribution is -2.42. The van der Waals surface area contributed by atoms with Crippen molar-refractivity contribution in [2.45, 2.75) is 43.5 Å². The van der Waals surface area contributed by atoms with Crippen LogP contribution in [0.2, 0.25) is 0 Å². The maximum absolute atomic E-state index is 13.6. The van der Waals surface area contributed by atoms with Gasteiger partial charge < -0.3 is 5.32 Å². The smallest absolute Gasteiger partial charge is 0.264 e.